The van der Waals surface area contributed by atoms with Crippen LogP contribution in [0.3, 0.4) is 0 Å². The monoisotopic (exact) mass is 417 g/mol. The zero-order valence-electron chi connectivity index (χ0n) is 15.6. The summed E-state index contributed by atoms with van der Waals surface area (Å²) in [5.74, 6) is 1.28. The summed E-state index contributed by atoms with van der Waals surface area (Å²) in [6.07, 6.45) is 2.27. The van der Waals surface area contributed by atoms with Crippen molar-refractivity contribution < 1.29 is 23.6 Å². The van der Waals surface area contributed by atoms with Crippen LogP contribution in [0.5, 0.6) is 5.75 Å². The lowest BCUT2D eigenvalue weighted by molar-refractivity contribution is -0.384. The van der Waals surface area contributed by atoms with Crippen LogP contribution in [0.1, 0.15) is 17.9 Å². The van der Waals surface area contributed by atoms with E-state index in [1.54, 1.807) is 25.3 Å². The Morgan fingerprint density at radius 1 is 1.28 bits per heavy atom. The largest absolute Gasteiger partial charge is 0.486 e. The Morgan fingerprint density at radius 3 is 2.72 bits per heavy atom. The second-order valence-corrected chi connectivity index (χ2v) is 6.52. The van der Waals surface area contributed by atoms with Crippen LogP contribution >= 0.6 is 12.2 Å². The molecule has 152 valence electrons. The summed E-state index contributed by atoms with van der Waals surface area (Å²) in [7, 11) is 1.60. The van der Waals surface area contributed by atoms with E-state index in [0.29, 0.717) is 47.7 Å². The number of hydrogen-bond donors (Lipinski definition) is 1. The lowest BCUT2D eigenvalue weighted by Crippen LogP contribution is -2.32. The highest BCUT2D eigenvalue weighted by Crippen LogP contribution is 2.20. The highest BCUT2D eigenvalue weighted by atomic mass is 32.1. The van der Waals surface area contributed by atoms with Crippen molar-refractivity contribution in [3.05, 3.63) is 63.7 Å². The maximum absolute atomic E-state index is 12.5. The van der Waals surface area contributed by atoms with Crippen molar-refractivity contribution in [2.45, 2.75) is 13.0 Å². The highest BCUT2D eigenvalue weighted by molar-refractivity contribution is 7.80. The van der Waals surface area contributed by atoms with Crippen LogP contribution in [0.25, 0.3) is 6.08 Å². The third-order valence-corrected chi connectivity index (χ3v) is 4.41. The topological polar surface area (TPSA) is 107 Å². The number of nitro benzene ring substituents is 1. The number of ether oxygens (including phenoxy) is 2. The van der Waals surface area contributed by atoms with Gasteiger partial charge in [-0.25, -0.2) is 0 Å². The summed E-state index contributed by atoms with van der Waals surface area (Å²) in [4.78, 5) is 24.1. The van der Waals surface area contributed by atoms with E-state index in [4.69, 9.17) is 26.1 Å². The minimum atomic E-state index is -0.473. The van der Waals surface area contributed by atoms with Gasteiger partial charge in [-0.15, -0.1) is 0 Å². The number of hydrogen-bond acceptors (Lipinski definition) is 7. The zero-order chi connectivity index (χ0) is 20.8. The van der Waals surface area contributed by atoms with Crippen molar-refractivity contribution in [3.8, 4) is 5.75 Å². The minimum Gasteiger partial charge on any atom is -0.486 e. The van der Waals surface area contributed by atoms with Crippen LogP contribution in [0, 0.1) is 10.1 Å². The normalized spacial score (nSPS) is 15.1. The predicted octanol–water partition coefficient (Wildman–Crippen LogP) is 2.86. The molecule has 1 amide bonds. The van der Waals surface area contributed by atoms with Gasteiger partial charge in [0.05, 0.1) is 4.92 Å². The van der Waals surface area contributed by atoms with Gasteiger partial charge < -0.3 is 19.2 Å². The lowest BCUT2D eigenvalue weighted by atomic mass is 10.3. The molecule has 0 radical (unpaired) electrons. The summed E-state index contributed by atoms with van der Waals surface area (Å²) in [6.45, 7) is 1.16. The van der Waals surface area contributed by atoms with Crippen molar-refractivity contribution in [2.24, 2.45) is 0 Å². The van der Waals surface area contributed by atoms with Crippen molar-refractivity contribution in [2.75, 3.05) is 20.3 Å². The number of thiocarbonyl (C=S) groups is 1. The first-order valence-electron chi connectivity index (χ1n) is 8.77. The fraction of sp³-hybridized carbons (Fsp3) is 0.263. The van der Waals surface area contributed by atoms with E-state index in [-0.39, 0.29) is 18.2 Å². The van der Waals surface area contributed by atoms with Crippen molar-refractivity contribution >= 4 is 35.0 Å². The summed E-state index contributed by atoms with van der Waals surface area (Å²) >= 11 is 5.21. The maximum atomic E-state index is 12.5. The molecule has 1 N–H and O–H groups in total. The van der Waals surface area contributed by atoms with Crippen molar-refractivity contribution in [1.29, 1.82) is 0 Å². The molecule has 0 unspecified atom stereocenters. The molecule has 0 aliphatic carbocycles. The van der Waals surface area contributed by atoms with Crippen LogP contribution < -0.4 is 10.1 Å². The number of benzene rings is 1. The van der Waals surface area contributed by atoms with Gasteiger partial charge >= 0.3 is 0 Å². The Kier molecular flexibility index (Phi) is 6.57. The van der Waals surface area contributed by atoms with Crippen molar-refractivity contribution in [3.63, 3.8) is 0 Å². The van der Waals surface area contributed by atoms with E-state index in [1.807, 2.05) is 0 Å². The van der Waals surface area contributed by atoms with Crippen LogP contribution in [-0.4, -0.2) is 41.1 Å². The van der Waals surface area contributed by atoms with Crippen LogP contribution in [-0.2, 0) is 16.1 Å². The average molecular weight is 417 g/mol. The zero-order valence-corrected chi connectivity index (χ0v) is 16.4. The molecule has 1 aromatic heterocycles. The number of non-ortho nitro benzene ring substituents is 1. The van der Waals surface area contributed by atoms with E-state index in [1.165, 1.54) is 29.2 Å². The van der Waals surface area contributed by atoms with Gasteiger partial charge in [0.1, 0.15) is 29.6 Å². The number of nitro groups is 1. The third kappa shape index (κ3) is 5.18. The SMILES string of the molecule is COCCCN1C(=O)/C(=C\c2ccc(COc3ccc([N+](=O)[O-])cc3)o2)NC1=S. The third-order valence-electron chi connectivity index (χ3n) is 4.09. The van der Waals surface area contributed by atoms with E-state index >= 15 is 0 Å². The quantitative estimate of drug-likeness (QED) is 0.218. The molecule has 0 bridgehead atoms. The molecule has 1 aliphatic rings. The fourth-order valence-electron chi connectivity index (χ4n) is 2.65. The van der Waals surface area contributed by atoms with E-state index in [0.717, 1.165) is 0 Å². The lowest BCUT2D eigenvalue weighted by Gasteiger charge is -2.12. The van der Waals surface area contributed by atoms with Crippen LogP contribution in [0.15, 0.2) is 46.5 Å². The van der Waals surface area contributed by atoms with Gasteiger partial charge in [0, 0.05) is 38.5 Å². The number of amides is 1. The summed E-state index contributed by atoms with van der Waals surface area (Å²) in [6, 6.07) is 9.21. The molecule has 2 aromatic rings. The Bertz CT molecular complexity index is 938. The first-order chi connectivity index (χ1) is 14.0. The average Bonchev–Trinajstić information content (AvgIpc) is 3.26. The van der Waals surface area contributed by atoms with E-state index in [9.17, 15) is 14.9 Å². The van der Waals surface area contributed by atoms with Gasteiger partial charge in [-0.2, -0.15) is 0 Å². The second kappa shape index (κ2) is 9.30. The molecule has 3 rings (SSSR count). The van der Waals surface area contributed by atoms with Gasteiger partial charge in [0.2, 0.25) is 0 Å². The molecule has 0 atom stereocenters. The summed E-state index contributed by atoms with van der Waals surface area (Å²) in [5, 5.41) is 13.9. The first-order valence-corrected chi connectivity index (χ1v) is 9.18. The second-order valence-electron chi connectivity index (χ2n) is 6.14. The molecule has 2 heterocycles. The Labute approximate surface area is 172 Å². The van der Waals surface area contributed by atoms with Gasteiger partial charge in [-0.1, -0.05) is 0 Å². The molecule has 1 aromatic carbocycles. The van der Waals surface area contributed by atoms with E-state index < -0.39 is 4.92 Å². The summed E-state index contributed by atoms with van der Waals surface area (Å²) < 4.78 is 16.2. The molecule has 0 spiro atoms. The molecule has 10 heteroatoms. The van der Waals surface area contributed by atoms with Crippen LogP contribution in [0.4, 0.5) is 5.69 Å². The number of nitrogens with zero attached hydrogens (tertiary/aromatic N) is 2. The number of carbonyl (C=O) groups is 1. The Balaban J connectivity index is 1.59. The Hall–Kier alpha value is -3.24. The Morgan fingerprint density at radius 2 is 2.03 bits per heavy atom. The molecule has 1 saturated heterocycles. The molecule has 9 nitrogen and oxygen atoms in total. The number of methoxy groups -OCH3 is 1. The standard InChI is InChI=1S/C19H19N3O6S/c1-26-10-2-9-21-18(23)17(20-19(21)29)11-15-7-8-16(28-15)12-27-14-5-3-13(4-6-14)22(24)25/h3-8,11H,2,9-10,12H2,1H3,(H,20,29)/b17-11+. The number of furan rings is 1. The maximum Gasteiger partial charge on any atom is 0.276 e. The molecule has 1 fully saturated rings. The highest BCUT2D eigenvalue weighted by Gasteiger charge is 2.30. The van der Waals surface area contributed by atoms with Crippen molar-refractivity contribution in [1.82, 2.24) is 10.2 Å². The predicted molar refractivity (Wildman–Crippen MR) is 108 cm³/mol. The number of rotatable bonds is 9. The number of carbonyl (C=O) groups excluding carboxylic acids is 1. The van der Waals surface area contributed by atoms with E-state index in [2.05, 4.69) is 5.32 Å². The molecule has 0 saturated carbocycles. The van der Waals surface area contributed by atoms with Gasteiger partial charge in [0.15, 0.2) is 5.11 Å². The smallest absolute Gasteiger partial charge is 0.276 e. The summed E-state index contributed by atoms with van der Waals surface area (Å²) in [5.41, 5.74) is 0.330. The molecular weight excluding hydrogens is 398 g/mol. The fourth-order valence-corrected chi connectivity index (χ4v) is 2.94. The van der Waals surface area contributed by atoms with Gasteiger partial charge in [0.25, 0.3) is 11.6 Å². The first kappa shape index (κ1) is 20.5. The minimum absolute atomic E-state index is 0.00725. The van der Waals surface area contributed by atoms with Gasteiger partial charge in [-0.3, -0.25) is 19.8 Å². The van der Waals surface area contributed by atoms with Gasteiger partial charge in [-0.05, 0) is 42.9 Å². The molecule has 1 aliphatic heterocycles. The molecular formula is C19H19N3O6S. The molecule has 29 heavy (non-hydrogen) atoms. The van der Waals surface area contributed by atoms with Crippen LogP contribution in [0.2, 0.25) is 0 Å². The number of nitrogens with one attached hydrogen (secondary N) is 1.